The van der Waals surface area contributed by atoms with Crippen LogP contribution in [0, 0.1) is 25.2 Å². The summed E-state index contributed by atoms with van der Waals surface area (Å²) in [7, 11) is 1.78. The number of nitriles is 1. The Morgan fingerprint density at radius 1 is 1.47 bits per heavy atom. The van der Waals surface area contributed by atoms with Gasteiger partial charge in [0.1, 0.15) is 17.5 Å². The first-order chi connectivity index (χ1) is 8.11. The van der Waals surface area contributed by atoms with Gasteiger partial charge in [-0.2, -0.15) is 15.3 Å². The Hall–Kier alpha value is -2.36. The summed E-state index contributed by atoms with van der Waals surface area (Å²) in [5.74, 6) is 1.72. The summed E-state index contributed by atoms with van der Waals surface area (Å²) in [5, 5.41) is 20.0. The van der Waals surface area contributed by atoms with Gasteiger partial charge in [-0.1, -0.05) is 5.16 Å². The van der Waals surface area contributed by atoms with Crippen LogP contribution in [-0.2, 0) is 13.6 Å². The minimum atomic E-state index is 0.394. The van der Waals surface area contributed by atoms with E-state index in [9.17, 15) is 0 Å². The quantitative estimate of drug-likeness (QED) is 0.845. The molecule has 2 aromatic heterocycles. The van der Waals surface area contributed by atoms with Gasteiger partial charge in [0.25, 0.3) is 0 Å². The van der Waals surface area contributed by atoms with E-state index in [1.54, 1.807) is 25.6 Å². The molecule has 0 aromatic carbocycles. The van der Waals surface area contributed by atoms with E-state index in [0.717, 1.165) is 0 Å². The fourth-order valence-electron chi connectivity index (χ4n) is 1.57. The van der Waals surface area contributed by atoms with Crippen LogP contribution in [0.25, 0.3) is 0 Å². The summed E-state index contributed by atoms with van der Waals surface area (Å²) < 4.78 is 6.48. The monoisotopic (exact) mass is 232 g/mol. The summed E-state index contributed by atoms with van der Waals surface area (Å²) in [5.41, 5.74) is 1.23. The molecule has 0 bridgehead atoms. The van der Waals surface area contributed by atoms with Gasteiger partial charge in [-0.25, -0.2) is 0 Å². The van der Waals surface area contributed by atoms with E-state index in [-0.39, 0.29) is 0 Å². The van der Waals surface area contributed by atoms with Gasteiger partial charge in [-0.05, 0) is 6.92 Å². The van der Waals surface area contributed by atoms with Crippen LogP contribution in [-0.4, -0.2) is 19.9 Å². The molecule has 0 aliphatic carbocycles. The van der Waals surface area contributed by atoms with Crippen LogP contribution in [0.1, 0.15) is 23.0 Å². The second-order valence-corrected chi connectivity index (χ2v) is 3.63. The van der Waals surface area contributed by atoms with Gasteiger partial charge < -0.3 is 9.84 Å². The molecule has 0 radical (unpaired) electrons. The lowest BCUT2D eigenvalue weighted by Crippen LogP contribution is -2.07. The SMILES string of the molecule is Cc1nc(CNc2c(C#N)c(C)nn2C)no1. The Bertz CT molecular complexity index is 576. The maximum atomic E-state index is 9.02. The van der Waals surface area contributed by atoms with Crippen LogP contribution in [0.2, 0.25) is 0 Å². The predicted molar refractivity (Wildman–Crippen MR) is 59.0 cm³/mol. The van der Waals surface area contributed by atoms with E-state index in [4.69, 9.17) is 9.78 Å². The van der Waals surface area contributed by atoms with Crippen molar-refractivity contribution in [3.8, 4) is 6.07 Å². The van der Waals surface area contributed by atoms with Crippen molar-refractivity contribution in [2.24, 2.45) is 7.05 Å². The molecular weight excluding hydrogens is 220 g/mol. The first-order valence-electron chi connectivity index (χ1n) is 5.08. The lowest BCUT2D eigenvalue weighted by Gasteiger charge is -2.03. The average Bonchev–Trinajstić information content (AvgIpc) is 2.80. The van der Waals surface area contributed by atoms with Crippen molar-refractivity contribution in [2.45, 2.75) is 20.4 Å². The minimum absolute atomic E-state index is 0.394. The largest absolute Gasteiger partial charge is 0.362 e. The van der Waals surface area contributed by atoms with Crippen molar-refractivity contribution in [2.75, 3.05) is 5.32 Å². The Morgan fingerprint density at radius 3 is 2.82 bits per heavy atom. The van der Waals surface area contributed by atoms with Gasteiger partial charge in [0.15, 0.2) is 5.82 Å². The minimum Gasteiger partial charge on any atom is -0.362 e. The molecule has 2 aromatic rings. The van der Waals surface area contributed by atoms with Crippen LogP contribution in [0.15, 0.2) is 4.52 Å². The van der Waals surface area contributed by atoms with E-state index in [2.05, 4.69) is 26.6 Å². The summed E-state index contributed by atoms with van der Waals surface area (Å²) >= 11 is 0. The molecule has 0 amide bonds. The fraction of sp³-hybridized carbons (Fsp3) is 0.400. The Kier molecular flexibility index (Phi) is 2.78. The third-order valence-electron chi connectivity index (χ3n) is 2.32. The average molecular weight is 232 g/mol. The zero-order valence-electron chi connectivity index (χ0n) is 9.85. The molecule has 0 aliphatic rings. The molecule has 0 unspecified atom stereocenters. The van der Waals surface area contributed by atoms with Gasteiger partial charge in [-0.15, -0.1) is 0 Å². The summed E-state index contributed by atoms with van der Waals surface area (Å²) in [6, 6.07) is 2.12. The number of aryl methyl sites for hydroxylation is 3. The Morgan fingerprint density at radius 2 is 2.24 bits per heavy atom. The number of anilines is 1. The molecule has 0 atom stereocenters. The van der Waals surface area contributed by atoms with E-state index in [0.29, 0.717) is 35.3 Å². The zero-order valence-corrected chi connectivity index (χ0v) is 9.85. The highest BCUT2D eigenvalue weighted by molar-refractivity contribution is 5.54. The summed E-state index contributed by atoms with van der Waals surface area (Å²) in [4.78, 5) is 4.06. The Labute approximate surface area is 98.0 Å². The first kappa shape index (κ1) is 11.1. The molecule has 7 heteroatoms. The van der Waals surface area contributed by atoms with Crippen LogP contribution < -0.4 is 5.32 Å². The van der Waals surface area contributed by atoms with Crippen LogP contribution >= 0.6 is 0 Å². The molecule has 2 heterocycles. The molecule has 88 valence electrons. The molecule has 1 N–H and O–H groups in total. The molecule has 2 rings (SSSR count). The highest BCUT2D eigenvalue weighted by Gasteiger charge is 2.13. The lowest BCUT2D eigenvalue weighted by atomic mass is 10.2. The number of nitrogens with zero attached hydrogens (tertiary/aromatic N) is 5. The number of aromatic nitrogens is 4. The molecule has 7 nitrogen and oxygen atoms in total. The Balaban J connectivity index is 2.17. The van der Waals surface area contributed by atoms with Crippen molar-refractivity contribution in [3.05, 3.63) is 23.0 Å². The van der Waals surface area contributed by atoms with Crippen LogP contribution in [0.5, 0.6) is 0 Å². The summed E-state index contributed by atoms with van der Waals surface area (Å²) in [6.45, 7) is 3.92. The molecule has 0 saturated heterocycles. The molecule has 0 aliphatic heterocycles. The number of nitrogens with one attached hydrogen (secondary N) is 1. The molecule has 0 fully saturated rings. The first-order valence-corrected chi connectivity index (χ1v) is 5.08. The predicted octanol–water partition coefficient (Wildman–Crippen LogP) is 0.904. The molecule has 0 saturated carbocycles. The van der Waals surface area contributed by atoms with Gasteiger partial charge in [0.05, 0.1) is 12.2 Å². The van der Waals surface area contributed by atoms with E-state index in [1.807, 2.05) is 0 Å². The molecular formula is C10H12N6O. The third kappa shape index (κ3) is 2.10. The standard InChI is InChI=1S/C10H12N6O/c1-6-8(4-11)10(16(3)14-6)12-5-9-13-7(2)17-15-9/h12H,5H2,1-3H3. The number of hydrogen-bond acceptors (Lipinski definition) is 6. The highest BCUT2D eigenvalue weighted by atomic mass is 16.5. The van der Waals surface area contributed by atoms with Crippen molar-refractivity contribution < 1.29 is 4.52 Å². The van der Waals surface area contributed by atoms with Gasteiger partial charge in [0.2, 0.25) is 5.89 Å². The van der Waals surface area contributed by atoms with Crippen molar-refractivity contribution in [3.63, 3.8) is 0 Å². The second kappa shape index (κ2) is 4.25. The second-order valence-electron chi connectivity index (χ2n) is 3.63. The number of hydrogen-bond donors (Lipinski definition) is 1. The van der Waals surface area contributed by atoms with Gasteiger partial charge >= 0.3 is 0 Å². The normalized spacial score (nSPS) is 10.2. The zero-order chi connectivity index (χ0) is 12.4. The molecule has 0 spiro atoms. The topological polar surface area (TPSA) is 92.6 Å². The fourth-order valence-corrected chi connectivity index (χ4v) is 1.57. The van der Waals surface area contributed by atoms with Crippen molar-refractivity contribution in [1.29, 1.82) is 5.26 Å². The van der Waals surface area contributed by atoms with Gasteiger partial charge in [-0.3, -0.25) is 4.68 Å². The van der Waals surface area contributed by atoms with Crippen molar-refractivity contribution >= 4 is 5.82 Å². The number of rotatable bonds is 3. The summed E-state index contributed by atoms with van der Waals surface area (Å²) in [6.07, 6.45) is 0. The molecule has 17 heavy (non-hydrogen) atoms. The van der Waals surface area contributed by atoms with Crippen LogP contribution in [0.4, 0.5) is 5.82 Å². The highest BCUT2D eigenvalue weighted by Crippen LogP contribution is 2.17. The maximum Gasteiger partial charge on any atom is 0.223 e. The third-order valence-corrected chi connectivity index (χ3v) is 2.32. The maximum absolute atomic E-state index is 9.02. The van der Waals surface area contributed by atoms with E-state index in [1.165, 1.54) is 0 Å². The van der Waals surface area contributed by atoms with Crippen LogP contribution in [0.3, 0.4) is 0 Å². The van der Waals surface area contributed by atoms with E-state index >= 15 is 0 Å². The van der Waals surface area contributed by atoms with E-state index < -0.39 is 0 Å². The lowest BCUT2D eigenvalue weighted by molar-refractivity contribution is 0.388. The van der Waals surface area contributed by atoms with Gasteiger partial charge in [0, 0.05) is 14.0 Å². The smallest absolute Gasteiger partial charge is 0.223 e. The van der Waals surface area contributed by atoms with Crippen molar-refractivity contribution in [1.82, 2.24) is 19.9 Å².